The fraction of sp³-hybridized carbons (Fsp3) is 0.385. The zero-order chi connectivity index (χ0) is 25.5. The molecule has 0 saturated carbocycles. The Morgan fingerprint density at radius 2 is 2.06 bits per heavy atom. The van der Waals surface area contributed by atoms with Gasteiger partial charge in [0.2, 0.25) is 5.91 Å². The van der Waals surface area contributed by atoms with Crippen LogP contribution in [0.2, 0.25) is 0 Å². The van der Waals surface area contributed by atoms with Gasteiger partial charge in [-0.2, -0.15) is 0 Å². The minimum atomic E-state index is -0.371. The molecule has 0 fully saturated rings. The Balaban J connectivity index is 1.43. The van der Waals surface area contributed by atoms with Crippen LogP contribution in [0.25, 0.3) is 0 Å². The molecule has 1 aliphatic rings. The molecule has 0 saturated heterocycles. The normalized spacial score (nSPS) is 12.6. The van der Waals surface area contributed by atoms with E-state index in [9.17, 15) is 9.59 Å². The molecule has 1 aromatic carbocycles. The SMILES string of the molecule is C=CCn1c(COc2ccccc2C)nnc1SCC(=O)Nc1sc2c(c1C(=O)OCC)CCCC2. The molecular formula is C26H30N4O4S2. The summed E-state index contributed by atoms with van der Waals surface area (Å²) in [6.45, 7) is 8.64. The third-order valence-electron chi connectivity index (χ3n) is 5.79. The van der Waals surface area contributed by atoms with Crippen molar-refractivity contribution in [2.45, 2.75) is 57.8 Å². The number of carbonyl (C=O) groups is 2. The van der Waals surface area contributed by atoms with Gasteiger partial charge in [0.25, 0.3) is 0 Å². The minimum Gasteiger partial charge on any atom is -0.485 e. The molecule has 1 amide bonds. The number of thiophene rings is 1. The lowest BCUT2D eigenvalue weighted by Crippen LogP contribution is -2.17. The van der Waals surface area contributed by atoms with E-state index in [-0.39, 0.29) is 24.2 Å². The topological polar surface area (TPSA) is 95.3 Å². The molecule has 0 spiro atoms. The van der Waals surface area contributed by atoms with Crippen LogP contribution in [-0.2, 0) is 35.5 Å². The van der Waals surface area contributed by atoms with Crippen LogP contribution in [0.4, 0.5) is 5.00 Å². The number of carbonyl (C=O) groups excluding carboxylic acids is 2. The first-order chi connectivity index (χ1) is 17.5. The van der Waals surface area contributed by atoms with E-state index in [4.69, 9.17) is 9.47 Å². The number of aryl methyl sites for hydroxylation is 2. The number of anilines is 1. The number of allylic oxidation sites excluding steroid dienone is 1. The molecule has 190 valence electrons. The Morgan fingerprint density at radius 1 is 1.25 bits per heavy atom. The average Bonchev–Trinajstić information content (AvgIpc) is 3.43. The van der Waals surface area contributed by atoms with E-state index in [0.717, 1.165) is 47.4 Å². The summed E-state index contributed by atoms with van der Waals surface area (Å²) >= 11 is 2.76. The smallest absolute Gasteiger partial charge is 0.341 e. The van der Waals surface area contributed by atoms with Crippen molar-refractivity contribution in [1.29, 1.82) is 0 Å². The van der Waals surface area contributed by atoms with E-state index in [2.05, 4.69) is 22.1 Å². The van der Waals surface area contributed by atoms with E-state index in [1.807, 2.05) is 35.8 Å². The molecule has 1 N–H and O–H groups in total. The quantitative estimate of drug-likeness (QED) is 0.208. The van der Waals surface area contributed by atoms with Gasteiger partial charge in [-0.05, 0) is 56.7 Å². The Morgan fingerprint density at radius 3 is 2.83 bits per heavy atom. The molecule has 3 aromatic rings. The second kappa shape index (κ2) is 12.2. The molecule has 36 heavy (non-hydrogen) atoms. The van der Waals surface area contributed by atoms with Crippen molar-refractivity contribution in [2.75, 3.05) is 17.7 Å². The van der Waals surface area contributed by atoms with Crippen LogP contribution in [-0.4, -0.2) is 39.0 Å². The van der Waals surface area contributed by atoms with Gasteiger partial charge in [-0.1, -0.05) is 36.0 Å². The Hall–Kier alpha value is -3.11. The van der Waals surface area contributed by atoms with Gasteiger partial charge in [0.15, 0.2) is 11.0 Å². The summed E-state index contributed by atoms with van der Waals surface area (Å²) in [4.78, 5) is 26.7. The second-order valence-electron chi connectivity index (χ2n) is 8.32. The summed E-state index contributed by atoms with van der Waals surface area (Å²) in [5.74, 6) is 0.976. The van der Waals surface area contributed by atoms with Crippen LogP contribution in [0.3, 0.4) is 0 Å². The molecule has 4 rings (SSSR count). The number of hydrogen-bond donors (Lipinski definition) is 1. The van der Waals surface area contributed by atoms with Gasteiger partial charge >= 0.3 is 5.97 Å². The maximum Gasteiger partial charge on any atom is 0.341 e. The van der Waals surface area contributed by atoms with E-state index in [0.29, 0.717) is 34.7 Å². The van der Waals surface area contributed by atoms with Gasteiger partial charge < -0.3 is 14.8 Å². The number of aromatic nitrogens is 3. The highest BCUT2D eigenvalue weighted by molar-refractivity contribution is 7.99. The Kier molecular flexibility index (Phi) is 8.82. The lowest BCUT2D eigenvalue weighted by molar-refractivity contribution is -0.113. The van der Waals surface area contributed by atoms with Gasteiger partial charge in [-0.25, -0.2) is 4.79 Å². The van der Waals surface area contributed by atoms with E-state index < -0.39 is 0 Å². The van der Waals surface area contributed by atoms with Crippen molar-refractivity contribution in [1.82, 2.24) is 14.8 Å². The monoisotopic (exact) mass is 526 g/mol. The minimum absolute atomic E-state index is 0.124. The molecule has 2 heterocycles. The van der Waals surface area contributed by atoms with Gasteiger partial charge in [0.05, 0.1) is 17.9 Å². The number of hydrogen-bond acceptors (Lipinski definition) is 8. The number of benzene rings is 1. The number of nitrogens with one attached hydrogen (secondary N) is 1. The van der Waals surface area contributed by atoms with Crippen LogP contribution in [0, 0.1) is 6.92 Å². The molecule has 0 unspecified atom stereocenters. The van der Waals surface area contributed by atoms with Gasteiger partial charge in [-0.15, -0.1) is 28.1 Å². The number of rotatable bonds is 11. The van der Waals surface area contributed by atoms with Crippen molar-refractivity contribution in [3.05, 3.63) is 64.3 Å². The third-order valence-corrected chi connectivity index (χ3v) is 7.97. The van der Waals surface area contributed by atoms with Crippen LogP contribution in [0.5, 0.6) is 5.75 Å². The summed E-state index contributed by atoms with van der Waals surface area (Å²) in [5, 5.41) is 12.7. The first-order valence-corrected chi connectivity index (χ1v) is 13.8. The number of para-hydroxylation sites is 1. The van der Waals surface area contributed by atoms with E-state index >= 15 is 0 Å². The highest BCUT2D eigenvalue weighted by atomic mass is 32.2. The first-order valence-electron chi connectivity index (χ1n) is 12.0. The fourth-order valence-electron chi connectivity index (χ4n) is 4.07. The van der Waals surface area contributed by atoms with Crippen LogP contribution < -0.4 is 10.1 Å². The molecule has 10 heteroatoms. The summed E-state index contributed by atoms with van der Waals surface area (Å²) in [7, 11) is 0. The zero-order valence-electron chi connectivity index (χ0n) is 20.5. The lowest BCUT2D eigenvalue weighted by atomic mass is 9.95. The predicted molar refractivity (Wildman–Crippen MR) is 142 cm³/mol. The van der Waals surface area contributed by atoms with Crippen molar-refractivity contribution >= 4 is 40.0 Å². The second-order valence-corrected chi connectivity index (χ2v) is 10.4. The number of fused-ring (bicyclic) bond motifs is 1. The molecule has 0 bridgehead atoms. The number of ether oxygens (including phenoxy) is 2. The molecule has 2 aromatic heterocycles. The molecule has 0 atom stereocenters. The molecule has 0 aliphatic heterocycles. The highest BCUT2D eigenvalue weighted by Gasteiger charge is 2.27. The summed E-state index contributed by atoms with van der Waals surface area (Å²) < 4.78 is 13.1. The van der Waals surface area contributed by atoms with Crippen LogP contribution in [0.1, 0.15) is 52.0 Å². The maximum atomic E-state index is 12.9. The number of esters is 1. The van der Waals surface area contributed by atoms with Crippen molar-refractivity contribution < 1.29 is 19.1 Å². The molecule has 0 radical (unpaired) electrons. The first kappa shape index (κ1) is 26.0. The largest absolute Gasteiger partial charge is 0.485 e. The maximum absolute atomic E-state index is 12.9. The van der Waals surface area contributed by atoms with Crippen LogP contribution in [0.15, 0.2) is 42.1 Å². The van der Waals surface area contributed by atoms with Crippen molar-refractivity contribution in [2.24, 2.45) is 0 Å². The summed E-state index contributed by atoms with van der Waals surface area (Å²) in [6.07, 6.45) is 5.65. The number of thioether (sulfide) groups is 1. The number of nitrogens with zero attached hydrogens (tertiary/aromatic N) is 3. The molecule has 1 aliphatic carbocycles. The predicted octanol–water partition coefficient (Wildman–Crippen LogP) is 5.20. The molecule has 8 nitrogen and oxygen atoms in total. The highest BCUT2D eigenvalue weighted by Crippen LogP contribution is 2.38. The van der Waals surface area contributed by atoms with E-state index in [1.54, 1.807) is 13.0 Å². The van der Waals surface area contributed by atoms with E-state index in [1.165, 1.54) is 23.1 Å². The Bertz CT molecular complexity index is 1250. The lowest BCUT2D eigenvalue weighted by Gasteiger charge is -2.12. The van der Waals surface area contributed by atoms with Crippen molar-refractivity contribution in [3.8, 4) is 5.75 Å². The third kappa shape index (κ3) is 5.99. The summed E-state index contributed by atoms with van der Waals surface area (Å²) in [6, 6.07) is 7.79. The van der Waals surface area contributed by atoms with Crippen LogP contribution >= 0.6 is 23.1 Å². The summed E-state index contributed by atoms with van der Waals surface area (Å²) in [5.41, 5.74) is 2.58. The standard InChI is InChI=1S/C26H30N4O4S2/c1-4-14-30-21(15-34-19-12-8-6-10-17(19)3)28-29-26(30)35-16-22(31)27-24-23(25(32)33-5-2)18-11-7-9-13-20(18)36-24/h4,6,8,10,12H,1,5,7,9,11,13-16H2,2-3H3,(H,27,31). The number of amides is 1. The fourth-order valence-corrected chi connectivity index (χ4v) is 6.13. The van der Waals surface area contributed by atoms with Gasteiger partial charge in [0, 0.05) is 11.4 Å². The Labute approximate surface area is 219 Å². The van der Waals surface area contributed by atoms with Gasteiger partial charge in [0.1, 0.15) is 17.4 Å². The molecular weight excluding hydrogens is 496 g/mol. The van der Waals surface area contributed by atoms with Gasteiger partial charge in [-0.3, -0.25) is 9.36 Å². The zero-order valence-corrected chi connectivity index (χ0v) is 22.2. The van der Waals surface area contributed by atoms with Crippen molar-refractivity contribution in [3.63, 3.8) is 0 Å². The average molecular weight is 527 g/mol.